The predicted molar refractivity (Wildman–Crippen MR) is 72.9 cm³/mol. The van der Waals surface area contributed by atoms with E-state index in [1.54, 1.807) is 12.1 Å². The molecule has 1 rings (SSSR count). The molecule has 0 radical (unpaired) electrons. The lowest BCUT2D eigenvalue weighted by Crippen LogP contribution is -2.19. The van der Waals surface area contributed by atoms with E-state index in [1.807, 2.05) is 12.1 Å². The van der Waals surface area contributed by atoms with Crippen LogP contribution in [0.5, 0.6) is 0 Å². The summed E-state index contributed by atoms with van der Waals surface area (Å²) in [4.78, 5) is 13.2. The van der Waals surface area contributed by atoms with Crippen molar-refractivity contribution in [1.82, 2.24) is 10.2 Å². The molecular weight excluding hydrogens is 228 g/mol. The number of aromatic carboxylic acids is 1. The van der Waals surface area contributed by atoms with Crippen molar-refractivity contribution in [2.75, 3.05) is 27.2 Å². The van der Waals surface area contributed by atoms with Gasteiger partial charge in [0.05, 0.1) is 5.56 Å². The Morgan fingerprint density at radius 2 is 2.00 bits per heavy atom. The number of nitrogens with one attached hydrogen (secondary N) is 1. The first-order valence-corrected chi connectivity index (χ1v) is 6.28. The Morgan fingerprint density at radius 1 is 1.28 bits per heavy atom. The molecular formula is C14H22N2O2. The highest BCUT2D eigenvalue weighted by atomic mass is 16.4. The average molecular weight is 250 g/mol. The molecule has 0 unspecified atom stereocenters. The molecule has 0 fully saturated rings. The molecule has 0 saturated heterocycles. The highest BCUT2D eigenvalue weighted by molar-refractivity contribution is 5.89. The van der Waals surface area contributed by atoms with Crippen LogP contribution in [0.1, 0.15) is 28.8 Å². The summed E-state index contributed by atoms with van der Waals surface area (Å²) in [6.07, 6.45) is 2.26. The summed E-state index contributed by atoms with van der Waals surface area (Å²) in [6.45, 7) is 2.62. The third-order valence-corrected chi connectivity index (χ3v) is 2.77. The Kier molecular flexibility index (Phi) is 6.39. The van der Waals surface area contributed by atoms with Crippen LogP contribution in [-0.4, -0.2) is 43.2 Å². The van der Waals surface area contributed by atoms with Gasteiger partial charge in [0, 0.05) is 6.54 Å². The van der Waals surface area contributed by atoms with Crippen LogP contribution in [0.2, 0.25) is 0 Å². The summed E-state index contributed by atoms with van der Waals surface area (Å²) >= 11 is 0. The molecule has 0 aromatic heterocycles. The lowest BCUT2D eigenvalue weighted by molar-refractivity contribution is 0.0695. The number of nitrogens with zero attached hydrogens (tertiary/aromatic N) is 1. The number of hydrogen-bond donors (Lipinski definition) is 2. The number of carboxylic acids is 1. The summed E-state index contributed by atoms with van der Waals surface area (Å²) < 4.78 is 0. The first-order chi connectivity index (χ1) is 8.61. The van der Waals surface area contributed by atoms with Crippen molar-refractivity contribution >= 4 is 5.97 Å². The fraction of sp³-hybridized carbons (Fsp3) is 0.500. The van der Waals surface area contributed by atoms with Crippen molar-refractivity contribution in [3.05, 3.63) is 35.4 Å². The molecule has 0 heterocycles. The van der Waals surface area contributed by atoms with Gasteiger partial charge < -0.3 is 15.3 Å². The van der Waals surface area contributed by atoms with Crippen LogP contribution in [0.4, 0.5) is 0 Å². The van der Waals surface area contributed by atoms with Crippen LogP contribution in [0.25, 0.3) is 0 Å². The molecule has 0 atom stereocenters. The van der Waals surface area contributed by atoms with Crippen LogP contribution < -0.4 is 5.32 Å². The second kappa shape index (κ2) is 7.84. The Hall–Kier alpha value is -1.39. The van der Waals surface area contributed by atoms with Gasteiger partial charge in [-0.25, -0.2) is 4.79 Å². The minimum Gasteiger partial charge on any atom is -0.478 e. The molecule has 100 valence electrons. The molecule has 0 bridgehead atoms. The van der Waals surface area contributed by atoms with E-state index >= 15 is 0 Å². The summed E-state index contributed by atoms with van der Waals surface area (Å²) in [5, 5.41) is 12.3. The third-order valence-electron chi connectivity index (χ3n) is 2.77. The van der Waals surface area contributed by atoms with E-state index < -0.39 is 5.97 Å². The molecule has 0 amide bonds. The summed E-state index contributed by atoms with van der Waals surface area (Å²) in [5.74, 6) is -0.861. The van der Waals surface area contributed by atoms with Crippen molar-refractivity contribution in [3.8, 4) is 0 Å². The van der Waals surface area contributed by atoms with Crippen LogP contribution in [0.3, 0.4) is 0 Å². The zero-order valence-electron chi connectivity index (χ0n) is 11.1. The SMILES string of the molecule is CN(C)CCCCNCc1ccccc1C(=O)O. The standard InChI is InChI=1S/C14H22N2O2/c1-16(2)10-6-5-9-15-11-12-7-3-4-8-13(12)14(17)18/h3-4,7-8,15H,5-6,9-11H2,1-2H3,(H,17,18). The minimum absolute atomic E-state index is 0.387. The second-order valence-corrected chi connectivity index (χ2v) is 4.65. The van der Waals surface area contributed by atoms with Crippen molar-refractivity contribution < 1.29 is 9.90 Å². The van der Waals surface area contributed by atoms with Gasteiger partial charge in [0.2, 0.25) is 0 Å². The molecule has 4 nitrogen and oxygen atoms in total. The molecule has 2 N–H and O–H groups in total. The number of carbonyl (C=O) groups is 1. The Balaban J connectivity index is 2.29. The van der Waals surface area contributed by atoms with E-state index in [0.717, 1.165) is 31.5 Å². The van der Waals surface area contributed by atoms with Crippen molar-refractivity contribution in [2.45, 2.75) is 19.4 Å². The van der Waals surface area contributed by atoms with Gasteiger partial charge in [-0.15, -0.1) is 0 Å². The molecule has 1 aromatic rings. The summed E-state index contributed by atoms with van der Waals surface area (Å²) in [5.41, 5.74) is 1.23. The molecule has 1 aromatic carbocycles. The fourth-order valence-electron chi connectivity index (χ4n) is 1.78. The van der Waals surface area contributed by atoms with Gasteiger partial charge in [0.25, 0.3) is 0 Å². The van der Waals surface area contributed by atoms with E-state index in [4.69, 9.17) is 5.11 Å². The smallest absolute Gasteiger partial charge is 0.336 e. The lowest BCUT2D eigenvalue weighted by atomic mass is 10.1. The van der Waals surface area contributed by atoms with Crippen molar-refractivity contribution in [3.63, 3.8) is 0 Å². The highest BCUT2D eigenvalue weighted by Gasteiger charge is 2.07. The van der Waals surface area contributed by atoms with E-state index in [2.05, 4.69) is 24.3 Å². The average Bonchev–Trinajstić information content (AvgIpc) is 2.33. The molecule has 0 saturated carbocycles. The number of rotatable bonds is 8. The van der Waals surface area contributed by atoms with Gasteiger partial charge in [-0.1, -0.05) is 18.2 Å². The maximum atomic E-state index is 11.0. The molecule has 0 aliphatic heterocycles. The predicted octanol–water partition coefficient (Wildman–Crippen LogP) is 1.82. The first-order valence-electron chi connectivity index (χ1n) is 6.28. The van der Waals surface area contributed by atoms with Crippen molar-refractivity contribution in [2.24, 2.45) is 0 Å². The van der Waals surface area contributed by atoms with Gasteiger partial charge in [0.15, 0.2) is 0 Å². The van der Waals surface area contributed by atoms with Crippen LogP contribution >= 0.6 is 0 Å². The maximum Gasteiger partial charge on any atom is 0.336 e. The van der Waals surface area contributed by atoms with E-state index in [1.165, 1.54) is 0 Å². The van der Waals surface area contributed by atoms with Gasteiger partial charge in [-0.3, -0.25) is 0 Å². The van der Waals surface area contributed by atoms with Gasteiger partial charge >= 0.3 is 5.97 Å². The van der Waals surface area contributed by atoms with Gasteiger partial charge in [-0.05, 0) is 51.7 Å². The van der Waals surface area contributed by atoms with Crippen LogP contribution in [0.15, 0.2) is 24.3 Å². The molecule has 18 heavy (non-hydrogen) atoms. The first kappa shape index (κ1) is 14.7. The Morgan fingerprint density at radius 3 is 2.67 bits per heavy atom. The number of carboxylic acid groups (broad SMARTS) is 1. The fourth-order valence-corrected chi connectivity index (χ4v) is 1.78. The topological polar surface area (TPSA) is 52.6 Å². The largest absolute Gasteiger partial charge is 0.478 e. The Labute approximate surface area is 109 Å². The lowest BCUT2D eigenvalue weighted by Gasteiger charge is -2.10. The van der Waals surface area contributed by atoms with E-state index in [-0.39, 0.29) is 0 Å². The van der Waals surface area contributed by atoms with Gasteiger partial charge in [-0.2, -0.15) is 0 Å². The number of hydrogen-bond acceptors (Lipinski definition) is 3. The summed E-state index contributed by atoms with van der Waals surface area (Å²) in [7, 11) is 4.13. The zero-order valence-corrected chi connectivity index (χ0v) is 11.1. The molecule has 0 spiro atoms. The maximum absolute atomic E-state index is 11.0. The van der Waals surface area contributed by atoms with Crippen LogP contribution in [-0.2, 0) is 6.54 Å². The van der Waals surface area contributed by atoms with E-state index in [9.17, 15) is 4.79 Å². The molecule has 0 aliphatic rings. The van der Waals surface area contributed by atoms with Gasteiger partial charge in [0.1, 0.15) is 0 Å². The molecule has 0 aliphatic carbocycles. The quantitative estimate of drug-likeness (QED) is 0.691. The van der Waals surface area contributed by atoms with Crippen molar-refractivity contribution in [1.29, 1.82) is 0 Å². The number of benzene rings is 1. The number of unbranched alkanes of at least 4 members (excludes halogenated alkanes) is 1. The van der Waals surface area contributed by atoms with Crippen LogP contribution in [0, 0.1) is 0 Å². The summed E-state index contributed by atoms with van der Waals surface area (Å²) in [6, 6.07) is 7.13. The zero-order chi connectivity index (χ0) is 13.4. The second-order valence-electron chi connectivity index (χ2n) is 4.65. The minimum atomic E-state index is -0.861. The Bertz CT molecular complexity index is 378. The molecule has 4 heteroatoms. The monoisotopic (exact) mass is 250 g/mol. The normalized spacial score (nSPS) is 10.8. The van der Waals surface area contributed by atoms with E-state index in [0.29, 0.717) is 12.1 Å². The third kappa shape index (κ3) is 5.29. The highest BCUT2D eigenvalue weighted by Crippen LogP contribution is 2.08.